The highest BCUT2D eigenvalue weighted by Crippen LogP contribution is 2.22. The molecule has 0 saturated heterocycles. The van der Waals surface area contributed by atoms with Crippen LogP contribution < -0.4 is 5.32 Å². The van der Waals surface area contributed by atoms with Crippen LogP contribution in [-0.2, 0) is 17.8 Å². The van der Waals surface area contributed by atoms with E-state index in [9.17, 15) is 9.59 Å². The maximum Gasteiger partial charge on any atom is 0.253 e. The Kier molecular flexibility index (Phi) is 10.2. The van der Waals surface area contributed by atoms with Gasteiger partial charge in [0, 0.05) is 45.1 Å². The molecule has 1 N–H and O–H groups in total. The van der Waals surface area contributed by atoms with Crippen molar-refractivity contribution in [2.75, 3.05) is 20.1 Å². The molecular formula is C26H42N4O2. The fraction of sp³-hybridized carbons (Fsp3) is 0.654. The summed E-state index contributed by atoms with van der Waals surface area (Å²) in [7, 11) is 1.66. The summed E-state index contributed by atoms with van der Waals surface area (Å²) in [6.45, 7) is 13.4. The zero-order valence-electron chi connectivity index (χ0n) is 20.9. The van der Waals surface area contributed by atoms with Crippen molar-refractivity contribution >= 4 is 22.8 Å². The van der Waals surface area contributed by atoms with Crippen molar-refractivity contribution < 1.29 is 9.59 Å². The first kappa shape index (κ1) is 25.9. The van der Waals surface area contributed by atoms with Gasteiger partial charge in [0.1, 0.15) is 5.82 Å². The van der Waals surface area contributed by atoms with Crippen molar-refractivity contribution in [3.63, 3.8) is 0 Å². The molecule has 32 heavy (non-hydrogen) atoms. The molecule has 0 unspecified atom stereocenters. The molecule has 6 heteroatoms. The molecule has 0 spiro atoms. The smallest absolute Gasteiger partial charge is 0.253 e. The molecule has 0 aliphatic heterocycles. The highest BCUT2D eigenvalue weighted by atomic mass is 16.2. The van der Waals surface area contributed by atoms with Crippen LogP contribution in [0.15, 0.2) is 18.2 Å². The number of amides is 2. The number of nitrogens with one attached hydrogen (secondary N) is 1. The molecule has 0 radical (unpaired) electrons. The second-order valence-corrected chi connectivity index (χ2v) is 9.57. The highest BCUT2D eigenvalue weighted by molar-refractivity contribution is 5.97. The third-order valence-corrected chi connectivity index (χ3v) is 5.90. The van der Waals surface area contributed by atoms with Crippen molar-refractivity contribution in [1.29, 1.82) is 0 Å². The van der Waals surface area contributed by atoms with Gasteiger partial charge in [-0.1, -0.05) is 41.0 Å². The molecule has 0 fully saturated rings. The van der Waals surface area contributed by atoms with Gasteiger partial charge in [0.05, 0.1) is 11.0 Å². The molecule has 0 aliphatic carbocycles. The van der Waals surface area contributed by atoms with Gasteiger partial charge in [0.2, 0.25) is 5.91 Å². The number of benzene rings is 1. The van der Waals surface area contributed by atoms with E-state index in [4.69, 9.17) is 4.98 Å². The van der Waals surface area contributed by atoms with Crippen LogP contribution in [-0.4, -0.2) is 46.4 Å². The molecule has 0 atom stereocenters. The summed E-state index contributed by atoms with van der Waals surface area (Å²) in [5.74, 6) is 2.15. The van der Waals surface area contributed by atoms with Gasteiger partial charge in [-0.05, 0) is 49.3 Å². The van der Waals surface area contributed by atoms with Gasteiger partial charge in [-0.2, -0.15) is 0 Å². The largest absolute Gasteiger partial charge is 0.359 e. The maximum absolute atomic E-state index is 13.4. The van der Waals surface area contributed by atoms with E-state index in [1.165, 1.54) is 0 Å². The van der Waals surface area contributed by atoms with E-state index in [1.807, 2.05) is 23.1 Å². The number of carbonyl (C=O) groups is 2. The van der Waals surface area contributed by atoms with E-state index in [1.54, 1.807) is 7.05 Å². The summed E-state index contributed by atoms with van der Waals surface area (Å²) in [5.41, 5.74) is 2.60. The lowest BCUT2D eigenvalue weighted by Crippen LogP contribution is -2.34. The first-order valence-corrected chi connectivity index (χ1v) is 12.3. The molecule has 2 amide bonds. The van der Waals surface area contributed by atoms with E-state index in [0.717, 1.165) is 67.7 Å². The predicted octanol–water partition coefficient (Wildman–Crippen LogP) is 5.05. The molecule has 2 rings (SSSR count). The third-order valence-electron chi connectivity index (χ3n) is 5.90. The maximum atomic E-state index is 13.4. The second kappa shape index (κ2) is 12.6. The molecule has 2 aromatic rings. The van der Waals surface area contributed by atoms with E-state index >= 15 is 0 Å². The highest BCUT2D eigenvalue weighted by Gasteiger charge is 2.19. The SMILES string of the molecule is CCCCn1c(CCC(=O)NC)nc2ccc(C(=O)N(CCC(C)C)CCC(C)C)cc21. The quantitative estimate of drug-likeness (QED) is 0.472. The first-order valence-electron chi connectivity index (χ1n) is 12.3. The van der Waals surface area contributed by atoms with Crippen LogP contribution in [0, 0.1) is 11.8 Å². The zero-order valence-corrected chi connectivity index (χ0v) is 20.9. The van der Waals surface area contributed by atoms with Crippen LogP contribution >= 0.6 is 0 Å². The van der Waals surface area contributed by atoms with Gasteiger partial charge in [-0.25, -0.2) is 4.98 Å². The number of hydrogen-bond donors (Lipinski definition) is 1. The number of aryl methyl sites for hydroxylation is 2. The number of imidazole rings is 1. The monoisotopic (exact) mass is 442 g/mol. The van der Waals surface area contributed by atoms with Crippen LogP contribution in [0.5, 0.6) is 0 Å². The Bertz CT molecular complexity index is 873. The lowest BCUT2D eigenvalue weighted by atomic mass is 10.1. The summed E-state index contributed by atoms with van der Waals surface area (Å²) < 4.78 is 2.20. The fourth-order valence-electron chi connectivity index (χ4n) is 3.74. The van der Waals surface area contributed by atoms with E-state index in [-0.39, 0.29) is 11.8 Å². The summed E-state index contributed by atoms with van der Waals surface area (Å²) >= 11 is 0. The number of nitrogens with zero attached hydrogens (tertiary/aromatic N) is 3. The standard InChI is InChI=1S/C26H42N4O2/c1-7-8-15-30-23-18-21(9-10-22(23)28-24(30)11-12-25(31)27-6)26(32)29(16-13-19(2)3)17-14-20(4)5/h9-10,18-20H,7-8,11-17H2,1-6H3,(H,27,31). The third kappa shape index (κ3) is 7.35. The lowest BCUT2D eigenvalue weighted by Gasteiger charge is -2.24. The Hall–Kier alpha value is -2.37. The molecule has 1 heterocycles. The van der Waals surface area contributed by atoms with Crippen molar-refractivity contribution in [1.82, 2.24) is 19.8 Å². The summed E-state index contributed by atoms with van der Waals surface area (Å²) in [6.07, 6.45) is 5.12. The number of rotatable bonds is 13. The van der Waals surface area contributed by atoms with Crippen LogP contribution in [0.3, 0.4) is 0 Å². The Morgan fingerprint density at radius 1 is 1.09 bits per heavy atom. The molecule has 0 saturated carbocycles. The summed E-state index contributed by atoms with van der Waals surface area (Å²) in [6, 6.07) is 5.86. The number of unbranched alkanes of at least 4 members (excludes halogenated alkanes) is 1. The number of carbonyl (C=O) groups excluding carboxylic acids is 2. The number of fused-ring (bicyclic) bond motifs is 1. The van der Waals surface area contributed by atoms with Crippen LogP contribution in [0.25, 0.3) is 11.0 Å². The van der Waals surface area contributed by atoms with E-state index < -0.39 is 0 Å². The minimum Gasteiger partial charge on any atom is -0.359 e. The molecule has 6 nitrogen and oxygen atoms in total. The Balaban J connectivity index is 2.35. The Labute approximate surface area is 193 Å². The Morgan fingerprint density at radius 2 is 1.75 bits per heavy atom. The summed E-state index contributed by atoms with van der Waals surface area (Å²) in [5, 5.41) is 2.68. The minimum absolute atomic E-state index is 0.0147. The molecule has 0 bridgehead atoms. The normalized spacial score (nSPS) is 11.5. The molecular weight excluding hydrogens is 400 g/mol. The topological polar surface area (TPSA) is 67.2 Å². The van der Waals surface area contributed by atoms with Crippen molar-refractivity contribution in [2.24, 2.45) is 11.8 Å². The van der Waals surface area contributed by atoms with Gasteiger partial charge < -0.3 is 14.8 Å². The zero-order chi connectivity index (χ0) is 23.7. The molecule has 0 aliphatic rings. The van der Waals surface area contributed by atoms with Crippen molar-refractivity contribution in [3.8, 4) is 0 Å². The van der Waals surface area contributed by atoms with Crippen LogP contribution in [0.4, 0.5) is 0 Å². The minimum atomic E-state index is 0.0147. The lowest BCUT2D eigenvalue weighted by molar-refractivity contribution is -0.120. The molecule has 1 aromatic carbocycles. The van der Waals surface area contributed by atoms with E-state index in [0.29, 0.717) is 24.7 Å². The predicted molar refractivity (Wildman–Crippen MR) is 132 cm³/mol. The van der Waals surface area contributed by atoms with Gasteiger partial charge in [0.25, 0.3) is 5.91 Å². The van der Waals surface area contributed by atoms with Gasteiger partial charge in [-0.3, -0.25) is 9.59 Å². The average molecular weight is 443 g/mol. The van der Waals surface area contributed by atoms with Crippen LogP contribution in [0.2, 0.25) is 0 Å². The average Bonchev–Trinajstić information content (AvgIpc) is 3.11. The molecule has 178 valence electrons. The van der Waals surface area contributed by atoms with Gasteiger partial charge in [0.15, 0.2) is 0 Å². The number of aromatic nitrogens is 2. The molecule has 1 aromatic heterocycles. The summed E-state index contributed by atoms with van der Waals surface area (Å²) in [4.78, 5) is 32.0. The van der Waals surface area contributed by atoms with Gasteiger partial charge in [-0.15, -0.1) is 0 Å². The number of hydrogen-bond acceptors (Lipinski definition) is 3. The van der Waals surface area contributed by atoms with E-state index in [2.05, 4.69) is 44.5 Å². The van der Waals surface area contributed by atoms with Crippen molar-refractivity contribution in [3.05, 3.63) is 29.6 Å². The fourth-order valence-corrected chi connectivity index (χ4v) is 3.74. The van der Waals surface area contributed by atoms with Gasteiger partial charge >= 0.3 is 0 Å². The Morgan fingerprint density at radius 3 is 2.31 bits per heavy atom. The first-order chi connectivity index (χ1) is 15.3. The van der Waals surface area contributed by atoms with Crippen molar-refractivity contribution in [2.45, 2.75) is 79.7 Å². The van der Waals surface area contributed by atoms with Crippen LogP contribution in [0.1, 0.15) is 82.9 Å². The second-order valence-electron chi connectivity index (χ2n) is 9.57.